The number of anilines is 1. The van der Waals surface area contributed by atoms with Gasteiger partial charge in [-0.3, -0.25) is 0 Å². The molecule has 0 aliphatic heterocycles. The summed E-state index contributed by atoms with van der Waals surface area (Å²) in [6.07, 6.45) is 7.58. The zero-order valence-electron chi connectivity index (χ0n) is 12.0. The number of nitrogens with two attached hydrogens (primary N) is 2. The smallest absolute Gasteiger partial charge is 0.0419 e. The average Bonchev–Trinajstić information content (AvgIpc) is 2.36. The zero-order chi connectivity index (χ0) is 14.0. The SMILES string of the molecule is Cc1cc(N(C)C)ccc1CC1(N)C=CC(N)=CC1. The summed E-state index contributed by atoms with van der Waals surface area (Å²) in [4.78, 5) is 2.11. The van der Waals surface area contributed by atoms with Gasteiger partial charge in [0.1, 0.15) is 0 Å². The van der Waals surface area contributed by atoms with E-state index in [1.807, 2.05) is 18.2 Å². The molecule has 3 heteroatoms. The van der Waals surface area contributed by atoms with Crippen molar-refractivity contribution >= 4 is 5.69 Å². The van der Waals surface area contributed by atoms with Crippen LogP contribution in [0.4, 0.5) is 5.69 Å². The number of rotatable bonds is 3. The number of aryl methyl sites for hydroxylation is 1. The third-order valence-corrected chi connectivity index (χ3v) is 3.69. The number of benzene rings is 1. The lowest BCUT2D eigenvalue weighted by Gasteiger charge is -2.28. The summed E-state index contributed by atoms with van der Waals surface area (Å²) < 4.78 is 0. The molecule has 0 fully saturated rings. The van der Waals surface area contributed by atoms with Crippen LogP contribution in [-0.2, 0) is 6.42 Å². The predicted molar refractivity (Wildman–Crippen MR) is 82.2 cm³/mol. The van der Waals surface area contributed by atoms with E-state index in [9.17, 15) is 0 Å². The highest BCUT2D eigenvalue weighted by atomic mass is 15.1. The van der Waals surface area contributed by atoms with Crippen molar-refractivity contribution < 1.29 is 0 Å². The highest BCUT2D eigenvalue weighted by molar-refractivity contribution is 5.50. The summed E-state index contributed by atoms with van der Waals surface area (Å²) in [5.74, 6) is 0. The molecule has 1 aliphatic rings. The van der Waals surface area contributed by atoms with E-state index in [0.717, 1.165) is 18.5 Å². The largest absolute Gasteiger partial charge is 0.399 e. The van der Waals surface area contributed by atoms with Gasteiger partial charge in [-0.1, -0.05) is 18.2 Å². The van der Waals surface area contributed by atoms with Crippen LogP contribution >= 0.6 is 0 Å². The van der Waals surface area contributed by atoms with Crippen LogP contribution < -0.4 is 16.4 Å². The van der Waals surface area contributed by atoms with Crippen LogP contribution in [0.15, 0.2) is 42.1 Å². The third kappa shape index (κ3) is 3.18. The summed E-state index contributed by atoms with van der Waals surface area (Å²) in [6, 6.07) is 6.52. The third-order valence-electron chi connectivity index (χ3n) is 3.69. The molecular formula is C16H23N3. The van der Waals surface area contributed by atoms with Crippen molar-refractivity contribution in [2.75, 3.05) is 19.0 Å². The molecule has 1 aromatic carbocycles. The van der Waals surface area contributed by atoms with Crippen molar-refractivity contribution in [2.24, 2.45) is 11.5 Å². The first-order valence-corrected chi connectivity index (χ1v) is 6.60. The lowest BCUT2D eigenvalue weighted by atomic mass is 9.84. The Kier molecular flexibility index (Phi) is 3.67. The molecule has 3 nitrogen and oxygen atoms in total. The standard InChI is InChI=1S/C16H23N3/c1-12-10-15(19(2)3)5-4-13(12)11-16(18)8-6-14(17)7-9-16/h4-8,10H,9,11,17-18H2,1-3H3. The van der Waals surface area contributed by atoms with Gasteiger partial charge in [0.2, 0.25) is 0 Å². The average molecular weight is 257 g/mol. The monoisotopic (exact) mass is 257 g/mol. The Bertz CT molecular complexity index is 529. The van der Waals surface area contributed by atoms with Crippen LogP contribution in [0.2, 0.25) is 0 Å². The van der Waals surface area contributed by atoms with Gasteiger partial charge in [0.15, 0.2) is 0 Å². The maximum absolute atomic E-state index is 6.42. The van der Waals surface area contributed by atoms with Crippen molar-refractivity contribution in [3.8, 4) is 0 Å². The summed E-state index contributed by atoms with van der Waals surface area (Å²) in [5.41, 5.74) is 16.5. The summed E-state index contributed by atoms with van der Waals surface area (Å²) in [5, 5.41) is 0. The van der Waals surface area contributed by atoms with Gasteiger partial charge in [0.05, 0.1) is 0 Å². The van der Waals surface area contributed by atoms with Gasteiger partial charge in [-0.25, -0.2) is 0 Å². The minimum Gasteiger partial charge on any atom is -0.399 e. The van der Waals surface area contributed by atoms with Crippen molar-refractivity contribution in [3.05, 3.63) is 53.3 Å². The van der Waals surface area contributed by atoms with Gasteiger partial charge < -0.3 is 16.4 Å². The van der Waals surface area contributed by atoms with E-state index in [2.05, 4.69) is 44.1 Å². The molecule has 1 unspecified atom stereocenters. The van der Waals surface area contributed by atoms with Gasteiger partial charge in [-0.15, -0.1) is 0 Å². The predicted octanol–water partition coefficient (Wildman–Crippen LogP) is 2.10. The second-order valence-corrected chi connectivity index (χ2v) is 5.66. The maximum Gasteiger partial charge on any atom is 0.0419 e. The van der Waals surface area contributed by atoms with Crippen LogP contribution in [0.1, 0.15) is 17.5 Å². The van der Waals surface area contributed by atoms with E-state index in [1.165, 1.54) is 16.8 Å². The Morgan fingerprint density at radius 2 is 2.05 bits per heavy atom. The Hall–Kier alpha value is -1.74. The molecule has 0 saturated heterocycles. The second-order valence-electron chi connectivity index (χ2n) is 5.66. The van der Waals surface area contributed by atoms with Gasteiger partial charge >= 0.3 is 0 Å². The summed E-state index contributed by atoms with van der Waals surface area (Å²) in [6.45, 7) is 2.14. The zero-order valence-corrected chi connectivity index (χ0v) is 12.0. The number of hydrogen-bond acceptors (Lipinski definition) is 3. The highest BCUT2D eigenvalue weighted by Crippen LogP contribution is 2.25. The van der Waals surface area contributed by atoms with Gasteiger partial charge in [0.25, 0.3) is 0 Å². The first kappa shape index (κ1) is 13.7. The Balaban J connectivity index is 2.18. The molecule has 1 aromatic rings. The van der Waals surface area contributed by atoms with Gasteiger partial charge in [-0.2, -0.15) is 0 Å². The fourth-order valence-electron chi connectivity index (χ4n) is 2.35. The van der Waals surface area contributed by atoms with Crippen molar-refractivity contribution in [1.82, 2.24) is 0 Å². The quantitative estimate of drug-likeness (QED) is 0.872. The second kappa shape index (κ2) is 5.10. The first-order chi connectivity index (χ1) is 8.89. The molecule has 0 spiro atoms. The van der Waals surface area contributed by atoms with Crippen LogP contribution in [0.5, 0.6) is 0 Å². The van der Waals surface area contributed by atoms with Gasteiger partial charge in [-0.05, 0) is 49.1 Å². The number of allylic oxidation sites excluding steroid dienone is 1. The van der Waals surface area contributed by atoms with E-state index in [-0.39, 0.29) is 5.54 Å². The van der Waals surface area contributed by atoms with E-state index in [1.54, 1.807) is 0 Å². The topological polar surface area (TPSA) is 55.3 Å². The molecule has 0 bridgehead atoms. The number of nitrogens with zero attached hydrogens (tertiary/aromatic N) is 1. The highest BCUT2D eigenvalue weighted by Gasteiger charge is 2.24. The fraction of sp³-hybridized carbons (Fsp3) is 0.375. The van der Waals surface area contributed by atoms with E-state index in [4.69, 9.17) is 11.5 Å². The van der Waals surface area contributed by atoms with Crippen molar-refractivity contribution in [2.45, 2.75) is 25.3 Å². The Morgan fingerprint density at radius 1 is 1.32 bits per heavy atom. The van der Waals surface area contributed by atoms with E-state index >= 15 is 0 Å². The molecule has 0 saturated carbocycles. The molecule has 4 N–H and O–H groups in total. The van der Waals surface area contributed by atoms with Crippen LogP contribution in [0, 0.1) is 6.92 Å². The van der Waals surface area contributed by atoms with E-state index in [0.29, 0.717) is 0 Å². The van der Waals surface area contributed by atoms with Gasteiger partial charge in [0, 0.05) is 31.0 Å². The van der Waals surface area contributed by atoms with Crippen LogP contribution in [0.3, 0.4) is 0 Å². The van der Waals surface area contributed by atoms with Crippen LogP contribution in [0.25, 0.3) is 0 Å². The molecule has 1 aliphatic carbocycles. The molecule has 0 amide bonds. The molecule has 0 heterocycles. The maximum atomic E-state index is 6.42. The summed E-state index contributed by atoms with van der Waals surface area (Å²) in [7, 11) is 4.10. The molecule has 2 rings (SSSR count). The first-order valence-electron chi connectivity index (χ1n) is 6.60. The van der Waals surface area contributed by atoms with Crippen molar-refractivity contribution in [1.29, 1.82) is 0 Å². The lowest BCUT2D eigenvalue weighted by molar-refractivity contribution is 0.524. The Labute approximate surface area is 115 Å². The molecule has 0 radical (unpaired) electrons. The van der Waals surface area contributed by atoms with Crippen molar-refractivity contribution in [3.63, 3.8) is 0 Å². The Morgan fingerprint density at radius 3 is 2.58 bits per heavy atom. The minimum absolute atomic E-state index is 0.312. The molecule has 19 heavy (non-hydrogen) atoms. The van der Waals surface area contributed by atoms with E-state index < -0.39 is 0 Å². The summed E-state index contributed by atoms with van der Waals surface area (Å²) >= 11 is 0. The minimum atomic E-state index is -0.312. The number of hydrogen-bond donors (Lipinski definition) is 2. The normalized spacial score (nSPS) is 22.2. The molecular weight excluding hydrogens is 234 g/mol. The fourth-order valence-corrected chi connectivity index (χ4v) is 2.35. The molecule has 102 valence electrons. The molecule has 0 aromatic heterocycles. The lowest BCUT2D eigenvalue weighted by Crippen LogP contribution is -2.41. The van der Waals surface area contributed by atoms with Crippen LogP contribution in [-0.4, -0.2) is 19.6 Å². The molecule has 1 atom stereocenters.